The van der Waals surface area contributed by atoms with Gasteiger partial charge in [-0.25, -0.2) is 4.79 Å². The maximum Gasteiger partial charge on any atom is 0.341 e. The van der Waals surface area contributed by atoms with Crippen molar-refractivity contribution < 1.29 is 14.3 Å². The van der Waals surface area contributed by atoms with Crippen LogP contribution in [0.15, 0.2) is 11.6 Å². The molecule has 0 bridgehead atoms. The standard InChI is InChI=1S/C21H31NO3S/c1-7-13(4)18(23)22-19-17(20(24)25-9-3)15-11-10-14(12-16(15)26-19)21(5,6)8-2/h7,14H,8-12H2,1-6H3,(H,22,23)/b13-7+/t14-/m1/s1. The number of ether oxygens (including phenoxy) is 1. The average molecular weight is 378 g/mol. The highest BCUT2D eigenvalue weighted by Crippen LogP contribution is 2.45. The third-order valence-corrected chi connectivity index (χ3v) is 6.95. The number of anilines is 1. The highest BCUT2D eigenvalue weighted by Gasteiger charge is 2.35. The van der Waals surface area contributed by atoms with Gasteiger partial charge in [-0.2, -0.15) is 0 Å². The molecule has 4 nitrogen and oxygen atoms in total. The van der Waals surface area contributed by atoms with Crippen LogP contribution in [0.4, 0.5) is 5.00 Å². The van der Waals surface area contributed by atoms with Gasteiger partial charge in [0.1, 0.15) is 5.00 Å². The normalized spacial score (nSPS) is 17.6. The lowest BCUT2D eigenvalue weighted by Crippen LogP contribution is -2.28. The Labute approximate surface area is 161 Å². The Morgan fingerprint density at radius 1 is 1.35 bits per heavy atom. The molecule has 5 heteroatoms. The first kappa shape index (κ1) is 20.7. The van der Waals surface area contributed by atoms with Crippen LogP contribution in [0.1, 0.15) is 75.2 Å². The highest BCUT2D eigenvalue weighted by atomic mass is 32.1. The Bertz CT molecular complexity index is 715. The summed E-state index contributed by atoms with van der Waals surface area (Å²) in [6, 6.07) is 0. The Kier molecular flexibility index (Phi) is 6.67. The highest BCUT2D eigenvalue weighted by molar-refractivity contribution is 7.17. The van der Waals surface area contributed by atoms with Crippen LogP contribution in [0.25, 0.3) is 0 Å². The molecule has 26 heavy (non-hydrogen) atoms. The van der Waals surface area contributed by atoms with Gasteiger partial charge in [0.2, 0.25) is 0 Å². The van der Waals surface area contributed by atoms with E-state index in [0.717, 1.165) is 31.2 Å². The van der Waals surface area contributed by atoms with Crippen molar-refractivity contribution in [3.8, 4) is 0 Å². The molecule has 1 heterocycles. The van der Waals surface area contributed by atoms with Crippen LogP contribution < -0.4 is 5.32 Å². The number of thiophene rings is 1. The summed E-state index contributed by atoms with van der Waals surface area (Å²) >= 11 is 1.54. The Morgan fingerprint density at radius 3 is 2.62 bits per heavy atom. The molecule has 0 saturated carbocycles. The third kappa shape index (κ3) is 4.20. The minimum atomic E-state index is -0.327. The lowest BCUT2D eigenvalue weighted by atomic mass is 9.69. The van der Waals surface area contributed by atoms with Crippen LogP contribution in [0.3, 0.4) is 0 Å². The van der Waals surface area contributed by atoms with Gasteiger partial charge in [-0.05, 0) is 56.9 Å². The fourth-order valence-electron chi connectivity index (χ4n) is 3.38. The number of carbonyl (C=O) groups excluding carboxylic acids is 2. The van der Waals surface area contributed by atoms with Gasteiger partial charge in [0, 0.05) is 10.5 Å². The molecule has 1 aromatic rings. The van der Waals surface area contributed by atoms with Gasteiger partial charge >= 0.3 is 5.97 Å². The van der Waals surface area contributed by atoms with Gasteiger partial charge in [-0.3, -0.25) is 4.79 Å². The Hall–Kier alpha value is -1.62. The van der Waals surface area contributed by atoms with Crippen molar-refractivity contribution in [2.45, 2.75) is 67.2 Å². The first-order valence-electron chi connectivity index (χ1n) is 9.51. The van der Waals surface area contributed by atoms with E-state index >= 15 is 0 Å². The van der Waals surface area contributed by atoms with Crippen LogP contribution in [0.5, 0.6) is 0 Å². The largest absolute Gasteiger partial charge is 0.462 e. The van der Waals surface area contributed by atoms with Crippen molar-refractivity contribution >= 4 is 28.2 Å². The summed E-state index contributed by atoms with van der Waals surface area (Å²) in [5, 5.41) is 3.57. The van der Waals surface area contributed by atoms with E-state index in [1.807, 2.05) is 6.92 Å². The molecular weight excluding hydrogens is 346 g/mol. The van der Waals surface area contributed by atoms with E-state index in [0.29, 0.717) is 28.7 Å². The van der Waals surface area contributed by atoms with E-state index in [2.05, 4.69) is 26.1 Å². The summed E-state index contributed by atoms with van der Waals surface area (Å²) in [6.07, 6.45) is 5.80. The summed E-state index contributed by atoms with van der Waals surface area (Å²) in [4.78, 5) is 26.1. The van der Waals surface area contributed by atoms with Gasteiger partial charge in [0.15, 0.2) is 0 Å². The lowest BCUT2D eigenvalue weighted by molar-refractivity contribution is -0.112. The molecule has 0 spiro atoms. The fourth-order valence-corrected chi connectivity index (χ4v) is 4.69. The second-order valence-corrected chi connectivity index (χ2v) is 8.74. The van der Waals surface area contributed by atoms with Crippen molar-refractivity contribution in [3.05, 3.63) is 27.7 Å². The molecule has 0 saturated heterocycles. The zero-order chi connectivity index (χ0) is 19.5. The molecular formula is C21H31NO3S. The predicted molar refractivity (Wildman–Crippen MR) is 108 cm³/mol. The molecule has 1 N–H and O–H groups in total. The number of hydrogen-bond donors (Lipinski definition) is 1. The fraction of sp³-hybridized carbons (Fsp3) is 0.619. The Morgan fingerprint density at radius 2 is 2.04 bits per heavy atom. The molecule has 0 radical (unpaired) electrons. The van der Waals surface area contributed by atoms with E-state index in [1.54, 1.807) is 31.3 Å². The van der Waals surface area contributed by atoms with E-state index in [1.165, 1.54) is 4.88 Å². The van der Waals surface area contributed by atoms with Crippen LogP contribution >= 0.6 is 11.3 Å². The first-order valence-corrected chi connectivity index (χ1v) is 10.3. The third-order valence-electron chi connectivity index (χ3n) is 5.78. The molecule has 1 aromatic heterocycles. The summed E-state index contributed by atoms with van der Waals surface area (Å²) in [5.74, 6) is 0.100. The number of allylic oxidation sites excluding steroid dienone is 1. The molecule has 0 aliphatic heterocycles. The zero-order valence-corrected chi connectivity index (χ0v) is 17.6. The van der Waals surface area contributed by atoms with Gasteiger partial charge in [-0.15, -0.1) is 11.3 Å². The van der Waals surface area contributed by atoms with E-state index in [4.69, 9.17) is 4.74 Å². The van der Waals surface area contributed by atoms with Gasteiger partial charge < -0.3 is 10.1 Å². The summed E-state index contributed by atoms with van der Waals surface area (Å²) in [6.45, 7) is 12.6. The van der Waals surface area contributed by atoms with Crippen molar-refractivity contribution in [1.29, 1.82) is 0 Å². The number of esters is 1. The van der Waals surface area contributed by atoms with Crippen LogP contribution in [-0.2, 0) is 22.4 Å². The molecule has 0 fully saturated rings. The van der Waals surface area contributed by atoms with E-state index in [9.17, 15) is 9.59 Å². The second-order valence-electron chi connectivity index (χ2n) is 7.64. The first-order chi connectivity index (χ1) is 12.2. The quantitative estimate of drug-likeness (QED) is 0.535. The second kappa shape index (κ2) is 8.38. The molecule has 1 amide bonds. The Balaban J connectivity index is 2.40. The maximum atomic E-state index is 12.6. The minimum absolute atomic E-state index is 0.165. The maximum absolute atomic E-state index is 12.6. The molecule has 144 valence electrons. The van der Waals surface area contributed by atoms with Crippen molar-refractivity contribution in [2.24, 2.45) is 11.3 Å². The van der Waals surface area contributed by atoms with Gasteiger partial charge in [-0.1, -0.05) is 33.3 Å². The lowest BCUT2D eigenvalue weighted by Gasteiger charge is -2.36. The van der Waals surface area contributed by atoms with Crippen LogP contribution in [0.2, 0.25) is 0 Å². The topological polar surface area (TPSA) is 55.4 Å². The number of fused-ring (bicyclic) bond motifs is 1. The number of nitrogens with one attached hydrogen (secondary N) is 1. The van der Waals surface area contributed by atoms with Crippen molar-refractivity contribution in [2.75, 3.05) is 11.9 Å². The molecule has 0 aromatic carbocycles. The monoisotopic (exact) mass is 377 g/mol. The molecule has 2 rings (SSSR count). The SMILES string of the molecule is C/C=C(\C)C(=O)Nc1sc2c(c1C(=O)OCC)CC[C@@H](C(C)(C)CC)C2. The van der Waals surface area contributed by atoms with Crippen LogP contribution in [-0.4, -0.2) is 18.5 Å². The number of carbonyl (C=O) groups is 2. The number of rotatable bonds is 6. The number of hydrogen-bond acceptors (Lipinski definition) is 4. The minimum Gasteiger partial charge on any atom is -0.462 e. The van der Waals surface area contributed by atoms with Crippen molar-refractivity contribution in [3.63, 3.8) is 0 Å². The summed E-state index contributed by atoms with van der Waals surface area (Å²) in [7, 11) is 0. The van der Waals surface area contributed by atoms with Crippen LogP contribution in [0, 0.1) is 11.3 Å². The molecule has 1 aliphatic rings. The number of amides is 1. The molecule has 1 aliphatic carbocycles. The van der Waals surface area contributed by atoms with Crippen molar-refractivity contribution in [1.82, 2.24) is 0 Å². The van der Waals surface area contributed by atoms with E-state index < -0.39 is 0 Å². The molecule has 0 unspecified atom stereocenters. The zero-order valence-electron chi connectivity index (χ0n) is 16.8. The van der Waals surface area contributed by atoms with E-state index in [-0.39, 0.29) is 17.3 Å². The predicted octanol–water partition coefficient (Wildman–Crippen LogP) is 5.37. The summed E-state index contributed by atoms with van der Waals surface area (Å²) in [5.41, 5.74) is 2.55. The smallest absolute Gasteiger partial charge is 0.341 e. The van der Waals surface area contributed by atoms with Gasteiger partial charge in [0.25, 0.3) is 5.91 Å². The van der Waals surface area contributed by atoms with Gasteiger partial charge in [0.05, 0.1) is 12.2 Å². The summed E-state index contributed by atoms with van der Waals surface area (Å²) < 4.78 is 5.28. The average Bonchev–Trinajstić information content (AvgIpc) is 2.97. The molecule has 1 atom stereocenters.